The van der Waals surface area contributed by atoms with Gasteiger partial charge in [0.25, 0.3) is 0 Å². The van der Waals surface area contributed by atoms with Crippen molar-refractivity contribution in [1.29, 1.82) is 0 Å². The lowest BCUT2D eigenvalue weighted by molar-refractivity contribution is 0.229. The highest BCUT2D eigenvalue weighted by molar-refractivity contribution is 5.96. The summed E-state index contributed by atoms with van der Waals surface area (Å²) in [5.74, 6) is 0.671. The smallest absolute Gasteiger partial charge is 0.221 e. The van der Waals surface area contributed by atoms with Crippen LogP contribution in [-0.2, 0) is 4.74 Å². The van der Waals surface area contributed by atoms with Crippen molar-refractivity contribution >= 4 is 11.6 Å². The lowest BCUT2D eigenvalue weighted by Gasteiger charge is -2.13. The van der Waals surface area contributed by atoms with Crippen molar-refractivity contribution in [3.05, 3.63) is 65.7 Å². The second-order valence-electron chi connectivity index (χ2n) is 4.74. The second kappa shape index (κ2) is 6.19. The van der Waals surface area contributed by atoms with Crippen LogP contribution in [0.15, 0.2) is 59.6 Å². The molecule has 2 heteroatoms. The Kier molecular flexibility index (Phi) is 4.35. The summed E-state index contributed by atoms with van der Waals surface area (Å²) >= 11 is 0. The molecule has 2 aromatic rings. The van der Waals surface area contributed by atoms with Crippen molar-refractivity contribution in [2.45, 2.75) is 26.9 Å². The molecule has 0 unspecified atom stereocenters. The number of nitrogens with zero attached hydrogens (tertiary/aromatic N) is 1. The first-order chi connectivity index (χ1) is 9.16. The van der Waals surface area contributed by atoms with Gasteiger partial charge in [-0.1, -0.05) is 36.4 Å². The van der Waals surface area contributed by atoms with Crippen LogP contribution in [0.4, 0.5) is 5.69 Å². The summed E-state index contributed by atoms with van der Waals surface area (Å²) in [6.45, 7) is 6.07. The molecule has 2 nitrogen and oxygen atoms in total. The molecule has 0 N–H and O–H groups in total. The van der Waals surface area contributed by atoms with Crippen molar-refractivity contribution in [2.75, 3.05) is 0 Å². The van der Waals surface area contributed by atoms with Gasteiger partial charge in [0.1, 0.15) is 0 Å². The number of rotatable bonds is 3. The highest BCUT2D eigenvalue weighted by Crippen LogP contribution is 2.19. The van der Waals surface area contributed by atoms with Crippen LogP contribution in [0.5, 0.6) is 0 Å². The number of benzene rings is 2. The molecule has 0 saturated carbocycles. The van der Waals surface area contributed by atoms with Crippen molar-refractivity contribution < 1.29 is 4.74 Å². The molecule has 0 radical (unpaired) electrons. The molecule has 0 aliphatic carbocycles. The topological polar surface area (TPSA) is 21.6 Å². The number of hydrogen-bond acceptors (Lipinski definition) is 2. The molecule has 0 fully saturated rings. The molecular weight excluding hydrogens is 234 g/mol. The first kappa shape index (κ1) is 13.3. The van der Waals surface area contributed by atoms with Gasteiger partial charge in [-0.2, -0.15) is 0 Å². The molecule has 0 heterocycles. The molecule has 0 amide bonds. The Bertz CT molecular complexity index is 558. The quantitative estimate of drug-likeness (QED) is 0.583. The number of ether oxygens (including phenoxy) is 1. The van der Waals surface area contributed by atoms with Gasteiger partial charge in [0, 0.05) is 5.56 Å². The Hall–Kier alpha value is -2.09. The summed E-state index contributed by atoms with van der Waals surface area (Å²) in [5, 5.41) is 0. The van der Waals surface area contributed by atoms with Crippen molar-refractivity contribution in [2.24, 2.45) is 4.99 Å². The number of aryl methyl sites for hydroxylation is 1. The Morgan fingerprint density at radius 3 is 2.21 bits per heavy atom. The second-order valence-corrected chi connectivity index (χ2v) is 4.74. The predicted octanol–water partition coefficient (Wildman–Crippen LogP) is 4.50. The fourth-order valence-corrected chi connectivity index (χ4v) is 1.76. The highest BCUT2D eigenvalue weighted by atomic mass is 16.5. The lowest BCUT2D eigenvalue weighted by Crippen LogP contribution is -2.12. The van der Waals surface area contributed by atoms with Gasteiger partial charge in [-0.3, -0.25) is 0 Å². The van der Waals surface area contributed by atoms with E-state index in [2.05, 4.69) is 18.0 Å². The van der Waals surface area contributed by atoms with E-state index in [1.54, 1.807) is 0 Å². The zero-order valence-electron chi connectivity index (χ0n) is 11.6. The van der Waals surface area contributed by atoms with Gasteiger partial charge in [-0.25, -0.2) is 4.99 Å². The molecule has 19 heavy (non-hydrogen) atoms. The van der Waals surface area contributed by atoms with E-state index in [1.807, 2.05) is 62.4 Å². The Labute approximate surface area is 114 Å². The minimum Gasteiger partial charge on any atom is -0.475 e. The van der Waals surface area contributed by atoms with Crippen LogP contribution in [0.2, 0.25) is 0 Å². The third kappa shape index (κ3) is 3.68. The van der Waals surface area contributed by atoms with E-state index in [9.17, 15) is 0 Å². The number of aliphatic imine (C=N–C) groups is 1. The molecule has 0 aliphatic rings. The van der Waals surface area contributed by atoms with Crippen molar-refractivity contribution in [1.82, 2.24) is 0 Å². The standard InChI is InChI=1S/C17H19NO/c1-13(2)19-17(15-10-5-4-6-11-15)18-16-12-8-7-9-14(16)3/h4-13H,1-3H3. The molecule has 2 aromatic carbocycles. The molecule has 0 saturated heterocycles. The average molecular weight is 253 g/mol. The van der Waals surface area contributed by atoms with Gasteiger partial charge in [0.15, 0.2) is 0 Å². The summed E-state index contributed by atoms with van der Waals surface area (Å²) in [7, 11) is 0. The van der Waals surface area contributed by atoms with E-state index >= 15 is 0 Å². The van der Waals surface area contributed by atoms with Crippen LogP contribution in [0.1, 0.15) is 25.0 Å². The lowest BCUT2D eigenvalue weighted by atomic mass is 10.2. The van der Waals surface area contributed by atoms with Crippen molar-refractivity contribution in [3.63, 3.8) is 0 Å². The van der Waals surface area contributed by atoms with Gasteiger partial charge in [0.05, 0.1) is 11.8 Å². The summed E-state index contributed by atoms with van der Waals surface area (Å²) in [6, 6.07) is 18.1. The monoisotopic (exact) mass is 253 g/mol. The predicted molar refractivity (Wildman–Crippen MR) is 80.0 cm³/mol. The zero-order valence-corrected chi connectivity index (χ0v) is 11.6. The molecule has 2 rings (SSSR count). The molecular formula is C17H19NO. The Balaban J connectivity index is 2.41. The van der Waals surface area contributed by atoms with E-state index in [1.165, 1.54) is 0 Å². The van der Waals surface area contributed by atoms with Crippen molar-refractivity contribution in [3.8, 4) is 0 Å². The normalized spacial score (nSPS) is 11.7. The van der Waals surface area contributed by atoms with E-state index in [0.29, 0.717) is 5.90 Å². The van der Waals surface area contributed by atoms with Crippen LogP contribution in [-0.4, -0.2) is 12.0 Å². The van der Waals surface area contributed by atoms with Gasteiger partial charge < -0.3 is 4.74 Å². The van der Waals surface area contributed by atoms with E-state index in [-0.39, 0.29) is 6.10 Å². The summed E-state index contributed by atoms with van der Waals surface area (Å²) in [5.41, 5.74) is 3.09. The Morgan fingerprint density at radius 1 is 0.947 bits per heavy atom. The summed E-state index contributed by atoms with van der Waals surface area (Å²) in [6.07, 6.45) is 0.1000. The molecule has 0 spiro atoms. The van der Waals surface area contributed by atoms with Crippen LogP contribution in [0.3, 0.4) is 0 Å². The molecule has 0 atom stereocenters. The summed E-state index contributed by atoms with van der Waals surface area (Å²) in [4.78, 5) is 4.66. The first-order valence-corrected chi connectivity index (χ1v) is 6.53. The fourth-order valence-electron chi connectivity index (χ4n) is 1.76. The van der Waals surface area contributed by atoms with Gasteiger partial charge in [0.2, 0.25) is 5.90 Å². The molecule has 98 valence electrons. The van der Waals surface area contributed by atoms with E-state index in [0.717, 1.165) is 16.8 Å². The molecule has 0 bridgehead atoms. The zero-order chi connectivity index (χ0) is 13.7. The summed E-state index contributed by atoms with van der Waals surface area (Å²) < 4.78 is 5.85. The first-order valence-electron chi connectivity index (χ1n) is 6.53. The van der Waals surface area contributed by atoms with Crippen LogP contribution in [0, 0.1) is 6.92 Å². The number of hydrogen-bond donors (Lipinski definition) is 0. The van der Waals surface area contributed by atoms with Crippen LogP contribution < -0.4 is 0 Å². The highest BCUT2D eigenvalue weighted by Gasteiger charge is 2.07. The molecule has 0 aliphatic heterocycles. The third-order valence-corrected chi connectivity index (χ3v) is 2.71. The maximum atomic E-state index is 5.85. The van der Waals surface area contributed by atoms with E-state index < -0.39 is 0 Å². The van der Waals surface area contributed by atoms with Crippen LogP contribution >= 0.6 is 0 Å². The maximum absolute atomic E-state index is 5.85. The van der Waals surface area contributed by atoms with E-state index in [4.69, 9.17) is 4.74 Å². The Morgan fingerprint density at radius 2 is 1.58 bits per heavy atom. The van der Waals surface area contributed by atoms with Gasteiger partial charge >= 0.3 is 0 Å². The SMILES string of the molecule is Cc1ccccc1N=C(OC(C)C)c1ccccc1. The minimum atomic E-state index is 0.1000. The minimum absolute atomic E-state index is 0.1000. The molecule has 0 aromatic heterocycles. The van der Waals surface area contributed by atoms with Gasteiger partial charge in [-0.05, 0) is 44.5 Å². The maximum Gasteiger partial charge on any atom is 0.221 e. The third-order valence-electron chi connectivity index (χ3n) is 2.71. The largest absolute Gasteiger partial charge is 0.475 e. The number of para-hydroxylation sites is 1. The average Bonchev–Trinajstić information content (AvgIpc) is 2.41. The van der Waals surface area contributed by atoms with Gasteiger partial charge in [-0.15, -0.1) is 0 Å². The fraction of sp³-hybridized carbons (Fsp3) is 0.235. The van der Waals surface area contributed by atoms with Crippen LogP contribution in [0.25, 0.3) is 0 Å².